The average molecular weight is 178 g/mol. The van der Waals surface area contributed by atoms with Crippen molar-refractivity contribution in [1.29, 1.82) is 0 Å². The van der Waals surface area contributed by atoms with Crippen molar-refractivity contribution in [3.63, 3.8) is 0 Å². The fourth-order valence-electron chi connectivity index (χ4n) is 0.719. The van der Waals surface area contributed by atoms with Gasteiger partial charge in [-0.15, -0.1) is 0 Å². The zero-order valence-corrected chi connectivity index (χ0v) is 8.48. The van der Waals surface area contributed by atoms with Crippen LogP contribution in [0.25, 0.3) is 0 Å². The predicted molar refractivity (Wildman–Crippen MR) is 37.8 cm³/mol. The van der Waals surface area contributed by atoms with Crippen LogP contribution >= 0.6 is 0 Å². The maximum absolute atomic E-state index is 10.3. The second-order valence-corrected chi connectivity index (χ2v) is 2.04. The van der Waals surface area contributed by atoms with Crippen molar-refractivity contribution in [3.05, 3.63) is 23.8 Å². The van der Waals surface area contributed by atoms with Crippen LogP contribution in [0.4, 0.5) is 0 Å². The van der Waals surface area contributed by atoms with Crippen LogP contribution in [-0.4, -0.2) is 21.3 Å². The second kappa shape index (κ2) is 4.35. The number of phenols is 2. The molecule has 60 valence electrons. The van der Waals surface area contributed by atoms with E-state index < -0.39 is 5.97 Å². The summed E-state index contributed by atoms with van der Waals surface area (Å²) in [6.45, 7) is 0. The number of carboxylic acid groups (broad SMARTS) is 1. The summed E-state index contributed by atoms with van der Waals surface area (Å²) < 4.78 is 0. The van der Waals surface area contributed by atoms with E-state index in [0.29, 0.717) is 0 Å². The van der Waals surface area contributed by atoms with Crippen molar-refractivity contribution >= 4 is 5.97 Å². The standard InChI is InChI=1S/C7H6O4.Na.H/c8-5-1-4(7(10)11)2-6(9)3-5;;/h1-3,8-9H,(H,10,11);;/q;+1;-1. The first-order valence-electron chi connectivity index (χ1n) is 2.86. The summed E-state index contributed by atoms with van der Waals surface area (Å²) in [6, 6.07) is 3.18. The van der Waals surface area contributed by atoms with Gasteiger partial charge in [-0.3, -0.25) is 0 Å². The van der Waals surface area contributed by atoms with Gasteiger partial charge < -0.3 is 16.7 Å². The average Bonchev–Trinajstić information content (AvgIpc) is 1.85. The molecule has 4 nitrogen and oxygen atoms in total. The Labute approximate surface area is 92.2 Å². The number of hydrogen-bond donors (Lipinski definition) is 3. The van der Waals surface area contributed by atoms with Gasteiger partial charge in [-0.05, 0) is 12.1 Å². The van der Waals surface area contributed by atoms with Crippen LogP contribution in [0.15, 0.2) is 18.2 Å². The maximum atomic E-state index is 10.3. The van der Waals surface area contributed by atoms with Crippen molar-refractivity contribution in [2.45, 2.75) is 0 Å². The fourth-order valence-corrected chi connectivity index (χ4v) is 0.719. The van der Waals surface area contributed by atoms with Crippen LogP contribution in [0, 0.1) is 0 Å². The van der Waals surface area contributed by atoms with E-state index in [9.17, 15) is 4.79 Å². The Morgan fingerprint density at radius 2 is 1.58 bits per heavy atom. The number of carbonyl (C=O) groups is 1. The van der Waals surface area contributed by atoms with Gasteiger partial charge in [0.05, 0.1) is 5.56 Å². The number of hydrogen-bond acceptors (Lipinski definition) is 3. The number of benzene rings is 1. The van der Waals surface area contributed by atoms with E-state index in [1.54, 1.807) is 0 Å². The van der Waals surface area contributed by atoms with Crippen LogP contribution in [-0.2, 0) is 0 Å². The largest absolute Gasteiger partial charge is 1.00 e. The monoisotopic (exact) mass is 178 g/mol. The van der Waals surface area contributed by atoms with E-state index in [1.165, 1.54) is 0 Å². The van der Waals surface area contributed by atoms with E-state index in [0.717, 1.165) is 18.2 Å². The van der Waals surface area contributed by atoms with Gasteiger partial charge in [-0.1, -0.05) is 0 Å². The minimum absolute atomic E-state index is 0. The quantitative estimate of drug-likeness (QED) is 0.431. The fraction of sp³-hybridized carbons (Fsp3) is 0. The Bertz CT molecular complexity index is 282. The Hall–Kier alpha value is -0.710. The molecule has 0 radical (unpaired) electrons. The summed E-state index contributed by atoms with van der Waals surface area (Å²) in [5.41, 5.74) is -0.137. The zero-order valence-electron chi connectivity index (χ0n) is 7.48. The molecule has 0 aliphatic rings. The molecule has 0 fully saturated rings. The van der Waals surface area contributed by atoms with E-state index in [1.807, 2.05) is 0 Å². The number of phenolic OH excluding ortho intramolecular Hbond substituents is 2. The molecule has 0 spiro atoms. The maximum Gasteiger partial charge on any atom is 1.00 e. The van der Waals surface area contributed by atoms with Crippen molar-refractivity contribution < 1.29 is 51.1 Å². The number of aromatic carboxylic acids is 1. The molecular formula is C7H7NaO4. The predicted octanol–water partition coefficient (Wildman–Crippen LogP) is -2.09. The van der Waals surface area contributed by atoms with Gasteiger partial charge in [0, 0.05) is 6.07 Å². The van der Waals surface area contributed by atoms with E-state index in [4.69, 9.17) is 15.3 Å². The first-order chi connectivity index (χ1) is 5.09. The Kier molecular flexibility index (Phi) is 4.09. The molecule has 0 atom stereocenters. The van der Waals surface area contributed by atoms with Crippen molar-refractivity contribution in [3.8, 4) is 11.5 Å². The third-order valence-corrected chi connectivity index (χ3v) is 1.15. The molecule has 0 saturated carbocycles. The second-order valence-electron chi connectivity index (χ2n) is 2.04. The van der Waals surface area contributed by atoms with E-state index in [2.05, 4.69) is 0 Å². The van der Waals surface area contributed by atoms with Crippen LogP contribution in [0.5, 0.6) is 11.5 Å². The van der Waals surface area contributed by atoms with Gasteiger partial charge in [-0.25, -0.2) is 4.79 Å². The van der Waals surface area contributed by atoms with Gasteiger partial charge in [0.25, 0.3) is 0 Å². The molecule has 0 aliphatic heterocycles. The third-order valence-electron chi connectivity index (χ3n) is 1.15. The van der Waals surface area contributed by atoms with Gasteiger partial charge >= 0.3 is 35.5 Å². The molecule has 12 heavy (non-hydrogen) atoms. The van der Waals surface area contributed by atoms with Crippen LogP contribution in [0.2, 0.25) is 0 Å². The first-order valence-corrected chi connectivity index (χ1v) is 2.86. The van der Waals surface area contributed by atoms with Crippen LogP contribution in [0.3, 0.4) is 0 Å². The molecule has 0 aliphatic carbocycles. The van der Waals surface area contributed by atoms with E-state index in [-0.39, 0.29) is 48.0 Å². The molecule has 0 unspecified atom stereocenters. The Balaban J connectivity index is 0. The molecular weight excluding hydrogens is 171 g/mol. The summed E-state index contributed by atoms with van der Waals surface area (Å²) in [4.78, 5) is 10.3. The molecule has 5 heteroatoms. The summed E-state index contributed by atoms with van der Waals surface area (Å²) >= 11 is 0. The number of carboxylic acids is 1. The minimum Gasteiger partial charge on any atom is -1.00 e. The normalized spacial score (nSPS) is 8.67. The van der Waals surface area contributed by atoms with Crippen molar-refractivity contribution in [1.82, 2.24) is 0 Å². The molecule has 3 N–H and O–H groups in total. The molecule has 1 aromatic carbocycles. The third kappa shape index (κ3) is 2.73. The number of rotatable bonds is 1. The minimum atomic E-state index is -1.18. The Morgan fingerprint density at radius 3 is 1.92 bits per heavy atom. The van der Waals surface area contributed by atoms with E-state index >= 15 is 0 Å². The van der Waals surface area contributed by atoms with Gasteiger partial charge in [0.2, 0.25) is 0 Å². The van der Waals surface area contributed by atoms with Crippen LogP contribution < -0.4 is 29.6 Å². The smallest absolute Gasteiger partial charge is 1.00 e. The topological polar surface area (TPSA) is 77.8 Å². The first kappa shape index (κ1) is 11.3. The molecule has 0 aromatic heterocycles. The molecule has 1 aromatic rings. The number of aromatic hydroxyl groups is 2. The van der Waals surface area contributed by atoms with Crippen molar-refractivity contribution in [2.24, 2.45) is 0 Å². The van der Waals surface area contributed by atoms with Crippen LogP contribution in [0.1, 0.15) is 11.8 Å². The molecule has 0 saturated heterocycles. The van der Waals surface area contributed by atoms with Crippen molar-refractivity contribution in [2.75, 3.05) is 0 Å². The summed E-state index contributed by atoms with van der Waals surface area (Å²) in [5.74, 6) is -1.71. The van der Waals surface area contributed by atoms with Gasteiger partial charge in [-0.2, -0.15) is 0 Å². The summed E-state index contributed by atoms with van der Waals surface area (Å²) in [6.07, 6.45) is 0. The molecule has 1 rings (SSSR count). The molecule has 0 heterocycles. The molecule has 0 amide bonds. The SMILES string of the molecule is O=C(O)c1cc(O)cc(O)c1.[H-].[Na+]. The van der Waals surface area contributed by atoms with Gasteiger partial charge in [0.15, 0.2) is 0 Å². The zero-order chi connectivity index (χ0) is 8.43. The Morgan fingerprint density at radius 1 is 1.17 bits per heavy atom. The van der Waals surface area contributed by atoms with Gasteiger partial charge in [0.1, 0.15) is 11.5 Å². The molecule has 0 bridgehead atoms. The summed E-state index contributed by atoms with van der Waals surface area (Å²) in [5, 5.41) is 26.1. The summed E-state index contributed by atoms with van der Waals surface area (Å²) in [7, 11) is 0.